The van der Waals surface area contributed by atoms with Gasteiger partial charge in [-0.05, 0) is 6.92 Å². The Labute approximate surface area is 78.5 Å². The average Bonchev–Trinajstić information content (AvgIpc) is 2.32. The molecule has 12 heavy (non-hydrogen) atoms. The number of halogens is 1. The van der Waals surface area contributed by atoms with Crippen molar-refractivity contribution in [2.75, 3.05) is 20.3 Å². The second-order valence-electron chi connectivity index (χ2n) is 3.27. The highest BCUT2D eigenvalue weighted by atomic mass is 35.5. The van der Waals surface area contributed by atoms with Crippen LogP contribution >= 0.6 is 0 Å². The van der Waals surface area contributed by atoms with E-state index in [2.05, 4.69) is 0 Å². The first-order valence-electron chi connectivity index (χ1n) is 3.87. The number of likely N-dealkylation sites (N-methyl/N-ethyl adjacent to an activating group) is 1. The molecule has 0 aliphatic carbocycles. The summed E-state index contributed by atoms with van der Waals surface area (Å²) in [7, 11) is 1.85. The van der Waals surface area contributed by atoms with Gasteiger partial charge in [-0.25, -0.2) is 4.84 Å². The summed E-state index contributed by atoms with van der Waals surface area (Å²) in [5.41, 5.74) is -0.339. The van der Waals surface area contributed by atoms with Gasteiger partial charge in [0.05, 0.1) is 13.7 Å². The number of quaternary nitrogens is 1. The van der Waals surface area contributed by atoms with E-state index in [1.165, 1.54) is 0 Å². The summed E-state index contributed by atoms with van der Waals surface area (Å²) >= 11 is 0. The third-order valence-corrected chi connectivity index (χ3v) is 2.65. The van der Waals surface area contributed by atoms with Crippen LogP contribution in [0.25, 0.3) is 0 Å². The molecule has 0 amide bonds. The van der Waals surface area contributed by atoms with Gasteiger partial charge in [-0.1, -0.05) is 0 Å². The fraction of sp³-hybridized carbons (Fsp3) is 1.00. The molecule has 74 valence electrons. The molecule has 3 atom stereocenters. The standard InChI is InChI=1S/C7H15NO3.ClH/c1-7(6(10)5-9)3-4-11-8(7)2;/h6,9-10H,3-5H2,1-2H3;1H/t6-,7+;/m1./s1. The minimum Gasteiger partial charge on any atom is -1.00 e. The van der Waals surface area contributed by atoms with Gasteiger partial charge in [0.2, 0.25) is 0 Å². The van der Waals surface area contributed by atoms with Crippen molar-refractivity contribution in [1.82, 2.24) is 0 Å². The summed E-state index contributed by atoms with van der Waals surface area (Å²) in [4.78, 5) is 5.24. The molecule has 0 aromatic carbocycles. The number of hydroxylamine groups is 2. The summed E-state index contributed by atoms with van der Waals surface area (Å²) in [5, 5.41) is 19.0. The minimum atomic E-state index is -0.690. The van der Waals surface area contributed by atoms with Crippen LogP contribution in [0.5, 0.6) is 0 Å². The van der Waals surface area contributed by atoms with Crippen molar-refractivity contribution < 1.29 is 32.5 Å². The lowest BCUT2D eigenvalue weighted by Gasteiger charge is -2.29. The molecular weight excluding hydrogens is 182 g/mol. The second-order valence-corrected chi connectivity index (χ2v) is 3.27. The van der Waals surface area contributed by atoms with Crippen LogP contribution in [-0.4, -0.2) is 42.1 Å². The minimum absolute atomic E-state index is 0. The highest BCUT2D eigenvalue weighted by molar-refractivity contribution is 4.82. The first-order chi connectivity index (χ1) is 5.11. The Balaban J connectivity index is 0.00000121. The number of nitrogens with one attached hydrogen (secondary N) is 1. The highest BCUT2D eigenvalue weighted by Crippen LogP contribution is 2.14. The lowest BCUT2D eigenvalue weighted by atomic mass is 9.92. The molecule has 1 fully saturated rings. The smallest absolute Gasteiger partial charge is 0.155 e. The molecular formula is C7H16ClNO3. The summed E-state index contributed by atoms with van der Waals surface area (Å²) in [5.74, 6) is 0. The Morgan fingerprint density at radius 3 is 2.58 bits per heavy atom. The summed E-state index contributed by atoms with van der Waals surface area (Å²) < 4.78 is 0. The van der Waals surface area contributed by atoms with Gasteiger partial charge in [-0.3, -0.25) is 0 Å². The monoisotopic (exact) mass is 197 g/mol. The maximum Gasteiger partial charge on any atom is 0.155 e. The van der Waals surface area contributed by atoms with Gasteiger partial charge in [0, 0.05) is 6.42 Å². The molecule has 1 heterocycles. The van der Waals surface area contributed by atoms with Gasteiger partial charge in [0.25, 0.3) is 0 Å². The molecule has 0 aromatic rings. The van der Waals surface area contributed by atoms with E-state index in [0.29, 0.717) is 6.61 Å². The number of hydrogen-bond donors (Lipinski definition) is 3. The molecule has 0 radical (unpaired) electrons. The second kappa shape index (κ2) is 4.39. The van der Waals surface area contributed by atoms with Crippen LogP contribution in [0.2, 0.25) is 0 Å². The van der Waals surface area contributed by atoms with Crippen LogP contribution < -0.4 is 17.5 Å². The van der Waals surface area contributed by atoms with E-state index < -0.39 is 6.10 Å². The maximum atomic E-state index is 9.44. The zero-order valence-corrected chi connectivity index (χ0v) is 8.14. The number of aliphatic hydroxyl groups is 2. The van der Waals surface area contributed by atoms with Crippen LogP contribution in [0.15, 0.2) is 0 Å². The van der Waals surface area contributed by atoms with Gasteiger partial charge >= 0.3 is 0 Å². The highest BCUT2D eigenvalue weighted by Gasteiger charge is 2.46. The summed E-state index contributed by atoms with van der Waals surface area (Å²) in [6.45, 7) is 2.37. The lowest BCUT2D eigenvalue weighted by Crippen LogP contribution is -3.15. The van der Waals surface area contributed by atoms with E-state index >= 15 is 0 Å². The zero-order chi connectivity index (χ0) is 8.48. The van der Waals surface area contributed by atoms with Crippen LogP contribution in [0.3, 0.4) is 0 Å². The third kappa shape index (κ3) is 1.89. The van der Waals surface area contributed by atoms with Crippen molar-refractivity contribution >= 4 is 0 Å². The van der Waals surface area contributed by atoms with Crippen molar-refractivity contribution in [2.45, 2.75) is 25.0 Å². The Morgan fingerprint density at radius 1 is 1.67 bits per heavy atom. The van der Waals surface area contributed by atoms with Crippen LogP contribution in [0.4, 0.5) is 0 Å². The van der Waals surface area contributed by atoms with Crippen molar-refractivity contribution in [3.8, 4) is 0 Å². The van der Waals surface area contributed by atoms with Crippen molar-refractivity contribution in [3.05, 3.63) is 0 Å². The predicted molar refractivity (Wildman–Crippen MR) is 39.0 cm³/mol. The quantitative estimate of drug-likeness (QED) is 0.416. The van der Waals surface area contributed by atoms with E-state index in [9.17, 15) is 5.11 Å². The van der Waals surface area contributed by atoms with Gasteiger partial charge in [0.15, 0.2) is 5.54 Å². The number of hydrogen-bond acceptors (Lipinski definition) is 3. The van der Waals surface area contributed by atoms with Crippen molar-refractivity contribution in [2.24, 2.45) is 0 Å². The Hall–Kier alpha value is 0.130. The van der Waals surface area contributed by atoms with Crippen LogP contribution in [0.1, 0.15) is 13.3 Å². The van der Waals surface area contributed by atoms with E-state index in [0.717, 1.165) is 11.5 Å². The van der Waals surface area contributed by atoms with E-state index in [1.54, 1.807) is 0 Å². The van der Waals surface area contributed by atoms with E-state index in [-0.39, 0.29) is 24.6 Å². The fourth-order valence-electron chi connectivity index (χ4n) is 1.36. The van der Waals surface area contributed by atoms with Crippen molar-refractivity contribution in [3.63, 3.8) is 0 Å². The largest absolute Gasteiger partial charge is 1.00 e. The SMILES string of the molecule is C[NH+]1OCC[C@@]1(C)[C@H](O)CO.[Cl-]. The zero-order valence-electron chi connectivity index (χ0n) is 7.38. The summed E-state index contributed by atoms with van der Waals surface area (Å²) in [6, 6.07) is 0. The van der Waals surface area contributed by atoms with E-state index in [1.807, 2.05) is 14.0 Å². The molecule has 1 aliphatic heterocycles. The lowest BCUT2D eigenvalue weighted by molar-refractivity contribution is -1.10. The number of aliphatic hydroxyl groups excluding tert-OH is 2. The molecule has 1 rings (SSSR count). The van der Waals surface area contributed by atoms with Gasteiger partial charge in [-0.2, -0.15) is 5.06 Å². The Morgan fingerprint density at radius 2 is 2.25 bits per heavy atom. The maximum absolute atomic E-state index is 9.44. The molecule has 4 nitrogen and oxygen atoms in total. The van der Waals surface area contributed by atoms with E-state index in [4.69, 9.17) is 9.94 Å². The predicted octanol–water partition coefficient (Wildman–Crippen LogP) is -5.05. The van der Waals surface area contributed by atoms with Gasteiger partial charge < -0.3 is 22.6 Å². The third-order valence-electron chi connectivity index (χ3n) is 2.65. The Kier molecular flexibility index (Phi) is 4.44. The molecule has 1 saturated heterocycles. The molecule has 5 heteroatoms. The fourth-order valence-corrected chi connectivity index (χ4v) is 1.36. The molecule has 1 aliphatic rings. The molecule has 0 saturated carbocycles. The average molecular weight is 198 g/mol. The normalized spacial score (nSPS) is 37.5. The molecule has 0 bridgehead atoms. The molecule has 1 unspecified atom stereocenters. The van der Waals surface area contributed by atoms with Crippen LogP contribution in [0, 0.1) is 0 Å². The van der Waals surface area contributed by atoms with Gasteiger partial charge in [0.1, 0.15) is 12.7 Å². The van der Waals surface area contributed by atoms with Gasteiger partial charge in [-0.15, -0.1) is 0 Å². The number of rotatable bonds is 2. The van der Waals surface area contributed by atoms with Crippen molar-refractivity contribution in [1.29, 1.82) is 0 Å². The topological polar surface area (TPSA) is 54.1 Å². The molecule has 3 N–H and O–H groups in total. The summed E-state index contributed by atoms with van der Waals surface area (Å²) in [6.07, 6.45) is 0.102. The Bertz CT molecular complexity index is 147. The molecule has 0 aromatic heterocycles. The molecule has 0 spiro atoms. The first-order valence-corrected chi connectivity index (χ1v) is 3.87. The van der Waals surface area contributed by atoms with Crippen LogP contribution in [-0.2, 0) is 4.84 Å². The first kappa shape index (κ1) is 12.1.